The number of nitrogens with one attached hydrogen (secondary N) is 1. The van der Waals surface area contributed by atoms with Gasteiger partial charge in [-0.25, -0.2) is 4.98 Å². The Morgan fingerprint density at radius 1 is 1.56 bits per heavy atom. The van der Waals surface area contributed by atoms with Gasteiger partial charge >= 0.3 is 0 Å². The number of ether oxygens (including phenoxy) is 1. The van der Waals surface area contributed by atoms with E-state index in [-0.39, 0.29) is 5.54 Å². The molecule has 1 aliphatic carbocycles. The first-order valence-corrected chi connectivity index (χ1v) is 5.72. The number of aromatic nitrogens is 2. The molecule has 5 nitrogen and oxygen atoms in total. The Hall–Kier alpha value is -1.36. The van der Waals surface area contributed by atoms with E-state index >= 15 is 0 Å². The largest absolute Gasteiger partial charge is 0.478 e. The lowest BCUT2D eigenvalue weighted by atomic mass is 9.77. The number of rotatable bonds is 5. The molecule has 1 saturated carbocycles. The van der Waals surface area contributed by atoms with Gasteiger partial charge in [0, 0.05) is 18.8 Å². The van der Waals surface area contributed by atoms with E-state index in [0.29, 0.717) is 25.0 Å². The van der Waals surface area contributed by atoms with Crippen LogP contribution in [0.4, 0.5) is 5.95 Å². The minimum absolute atomic E-state index is 0.00480. The quantitative estimate of drug-likeness (QED) is 0.782. The zero-order valence-electron chi connectivity index (χ0n) is 9.57. The molecule has 3 N–H and O–H groups in total. The van der Waals surface area contributed by atoms with Gasteiger partial charge in [-0.3, -0.25) is 0 Å². The molecule has 1 aromatic rings. The number of anilines is 1. The molecule has 0 bridgehead atoms. The lowest BCUT2D eigenvalue weighted by Gasteiger charge is -2.41. The summed E-state index contributed by atoms with van der Waals surface area (Å²) in [6.07, 6.45) is 5.09. The monoisotopic (exact) mass is 222 g/mol. The first-order valence-electron chi connectivity index (χ1n) is 5.72. The highest BCUT2D eigenvalue weighted by Crippen LogP contribution is 2.33. The average Bonchev–Trinajstić information content (AvgIpc) is 2.25. The first-order chi connectivity index (χ1) is 7.78. The second-order valence-electron chi connectivity index (χ2n) is 4.11. The maximum atomic E-state index is 5.76. The van der Waals surface area contributed by atoms with Crippen LogP contribution in [-0.4, -0.2) is 28.7 Å². The first kappa shape index (κ1) is 11.1. The Labute approximate surface area is 95.4 Å². The Bertz CT molecular complexity index is 346. The molecular formula is C11H18N4O. The smallest absolute Gasteiger partial charge is 0.226 e. The normalized spacial score (nSPS) is 17.6. The van der Waals surface area contributed by atoms with Gasteiger partial charge in [0.15, 0.2) is 0 Å². The molecule has 0 amide bonds. The Morgan fingerprint density at radius 2 is 2.38 bits per heavy atom. The molecule has 0 atom stereocenters. The van der Waals surface area contributed by atoms with Crippen LogP contribution in [-0.2, 0) is 0 Å². The molecule has 16 heavy (non-hydrogen) atoms. The summed E-state index contributed by atoms with van der Waals surface area (Å²) in [4.78, 5) is 8.46. The van der Waals surface area contributed by atoms with E-state index in [1.165, 1.54) is 6.42 Å². The fraction of sp³-hybridized carbons (Fsp3) is 0.636. The minimum atomic E-state index is 0.00480. The van der Waals surface area contributed by atoms with Crippen molar-refractivity contribution < 1.29 is 4.74 Å². The third-order valence-electron chi connectivity index (χ3n) is 3.00. The second-order valence-corrected chi connectivity index (χ2v) is 4.11. The second kappa shape index (κ2) is 4.65. The van der Waals surface area contributed by atoms with Crippen molar-refractivity contribution in [3.63, 3.8) is 0 Å². The summed E-state index contributed by atoms with van der Waals surface area (Å²) in [5, 5.41) is 3.31. The third kappa shape index (κ3) is 2.24. The van der Waals surface area contributed by atoms with E-state index < -0.39 is 0 Å². The van der Waals surface area contributed by atoms with Gasteiger partial charge < -0.3 is 15.8 Å². The maximum absolute atomic E-state index is 5.76. The summed E-state index contributed by atoms with van der Waals surface area (Å²) >= 11 is 0. The molecule has 2 rings (SSSR count). The van der Waals surface area contributed by atoms with Gasteiger partial charge in [0.25, 0.3) is 0 Å². The van der Waals surface area contributed by atoms with Crippen LogP contribution in [0.15, 0.2) is 12.3 Å². The van der Waals surface area contributed by atoms with Crippen LogP contribution in [0.1, 0.15) is 26.2 Å². The molecule has 0 unspecified atom stereocenters. The van der Waals surface area contributed by atoms with Crippen molar-refractivity contribution in [3.8, 4) is 5.88 Å². The zero-order chi connectivity index (χ0) is 11.4. The highest BCUT2D eigenvalue weighted by Gasteiger charge is 2.36. The van der Waals surface area contributed by atoms with Crippen molar-refractivity contribution in [2.24, 2.45) is 5.73 Å². The SMILES string of the molecule is CCOc1ccnc(NC2(CN)CCC2)n1. The van der Waals surface area contributed by atoms with Crippen molar-refractivity contribution in [1.29, 1.82) is 0 Å². The van der Waals surface area contributed by atoms with Crippen LogP contribution in [0.25, 0.3) is 0 Å². The summed E-state index contributed by atoms with van der Waals surface area (Å²) < 4.78 is 5.32. The number of nitrogens with two attached hydrogens (primary N) is 1. The summed E-state index contributed by atoms with van der Waals surface area (Å²) in [6, 6.07) is 1.75. The molecule has 88 valence electrons. The van der Waals surface area contributed by atoms with Crippen LogP contribution in [0.3, 0.4) is 0 Å². The number of hydrogen-bond acceptors (Lipinski definition) is 5. The number of hydrogen-bond donors (Lipinski definition) is 2. The molecule has 1 aromatic heterocycles. The van der Waals surface area contributed by atoms with Gasteiger partial charge in [0.05, 0.1) is 12.1 Å². The molecular weight excluding hydrogens is 204 g/mol. The van der Waals surface area contributed by atoms with Crippen molar-refractivity contribution in [2.45, 2.75) is 31.7 Å². The van der Waals surface area contributed by atoms with E-state index in [4.69, 9.17) is 10.5 Å². The van der Waals surface area contributed by atoms with E-state index in [1.54, 1.807) is 12.3 Å². The van der Waals surface area contributed by atoms with E-state index in [1.807, 2.05) is 6.92 Å². The lowest BCUT2D eigenvalue weighted by molar-refractivity contribution is 0.284. The molecule has 0 spiro atoms. The minimum Gasteiger partial charge on any atom is -0.478 e. The van der Waals surface area contributed by atoms with Crippen LogP contribution in [0, 0.1) is 0 Å². The summed E-state index contributed by atoms with van der Waals surface area (Å²) in [6.45, 7) is 3.16. The third-order valence-corrected chi connectivity index (χ3v) is 3.00. The van der Waals surface area contributed by atoms with Crippen molar-refractivity contribution in [2.75, 3.05) is 18.5 Å². The van der Waals surface area contributed by atoms with Gasteiger partial charge in [0.2, 0.25) is 11.8 Å². The van der Waals surface area contributed by atoms with Crippen LogP contribution in [0.5, 0.6) is 5.88 Å². The van der Waals surface area contributed by atoms with Crippen molar-refractivity contribution >= 4 is 5.95 Å². The molecule has 0 radical (unpaired) electrons. The lowest BCUT2D eigenvalue weighted by Crippen LogP contribution is -2.51. The zero-order valence-corrected chi connectivity index (χ0v) is 9.57. The van der Waals surface area contributed by atoms with Gasteiger partial charge in [-0.2, -0.15) is 4.98 Å². The average molecular weight is 222 g/mol. The van der Waals surface area contributed by atoms with E-state index in [9.17, 15) is 0 Å². The van der Waals surface area contributed by atoms with Gasteiger partial charge in [0.1, 0.15) is 0 Å². The van der Waals surface area contributed by atoms with Crippen LogP contribution >= 0.6 is 0 Å². The topological polar surface area (TPSA) is 73.1 Å². The molecule has 0 aromatic carbocycles. The van der Waals surface area contributed by atoms with E-state index in [2.05, 4.69) is 15.3 Å². The molecule has 1 heterocycles. The van der Waals surface area contributed by atoms with Gasteiger partial charge in [-0.05, 0) is 26.2 Å². The Kier molecular flexibility index (Phi) is 3.24. The standard InChI is InChI=1S/C11H18N4O/c1-2-16-9-4-7-13-10(14-9)15-11(8-12)5-3-6-11/h4,7H,2-3,5-6,8,12H2,1H3,(H,13,14,15). The summed E-state index contributed by atoms with van der Waals surface area (Å²) in [7, 11) is 0. The summed E-state index contributed by atoms with van der Waals surface area (Å²) in [5.41, 5.74) is 5.77. The molecule has 5 heteroatoms. The number of nitrogens with zero attached hydrogens (tertiary/aromatic N) is 2. The van der Waals surface area contributed by atoms with Gasteiger partial charge in [-0.1, -0.05) is 0 Å². The predicted octanol–water partition coefficient (Wildman–Crippen LogP) is 1.17. The van der Waals surface area contributed by atoms with Crippen LogP contribution in [0.2, 0.25) is 0 Å². The Balaban J connectivity index is 2.05. The fourth-order valence-corrected chi connectivity index (χ4v) is 1.85. The maximum Gasteiger partial charge on any atom is 0.226 e. The highest BCUT2D eigenvalue weighted by molar-refractivity contribution is 5.33. The highest BCUT2D eigenvalue weighted by atomic mass is 16.5. The molecule has 1 aliphatic rings. The van der Waals surface area contributed by atoms with Crippen molar-refractivity contribution in [3.05, 3.63) is 12.3 Å². The van der Waals surface area contributed by atoms with Gasteiger partial charge in [-0.15, -0.1) is 0 Å². The fourth-order valence-electron chi connectivity index (χ4n) is 1.85. The summed E-state index contributed by atoms with van der Waals surface area (Å²) in [5.74, 6) is 1.21. The van der Waals surface area contributed by atoms with E-state index in [0.717, 1.165) is 12.8 Å². The predicted molar refractivity (Wildman–Crippen MR) is 62.5 cm³/mol. The molecule has 0 saturated heterocycles. The Morgan fingerprint density at radius 3 is 2.94 bits per heavy atom. The molecule has 0 aliphatic heterocycles. The molecule has 1 fully saturated rings. The van der Waals surface area contributed by atoms with Crippen LogP contribution < -0.4 is 15.8 Å². The van der Waals surface area contributed by atoms with Crippen molar-refractivity contribution in [1.82, 2.24) is 9.97 Å².